The van der Waals surface area contributed by atoms with Crippen molar-refractivity contribution in [3.63, 3.8) is 0 Å². The fraction of sp³-hybridized carbons (Fsp3) is 0.276. The molecule has 1 atom stereocenters. The Labute approximate surface area is 255 Å². The Bertz CT molecular complexity index is 1510. The van der Waals surface area contributed by atoms with E-state index in [9.17, 15) is 27.6 Å². The van der Waals surface area contributed by atoms with Crippen LogP contribution in [0.4, 0.5) is 13.2 Å². The molecule has 0 radical (unpaired) electrons. The third-order valence-corrected chi connectivity index (χ3v) is 7.26. The van der Waals surface area contributed by atoms with Gasteiger partial charge in [-0.3, -0.25) is 9.59 Å². The Morgan fingerprint density at radius 2 is 1.69 bits per heavy atom. The van der Waals surface area contributed by atoms with E-state index in [1.54, 1.807) is 11.0 Å². The second kappa shape index (κ2) is 14.5. The summed E-state index contributed by atoms with van der Waals surface area (Å²) in [4.78, 5) is 52.7. The molecule has 1 N–H and O–H groups in total. The van der Waals surface area contributed by atoms with Crippen LogP contribution in [0.15, 0.2) is 57.5 Å². The highest BCUT2D eigenvalue weighted by atomic mass is 79.9. The van der Waals surface area contributed by atoms with Gasteiger partial charge in [0.1, 0.15) is 0 Å². The lowest BCUT2D eigenvalue weighted by molar-refractivity contribution is -0.192. The number of rotatable bonds is 6. The van der Waals surface area contributed by atoms with Crippen molar-refractivity contribution in [2.75, 3.05) is 19.7 Å². The average molecular weight is 714 g/mol. The van der Waals surface area contributed by atoms with Crippen molar-refractivity contribution in [3.05, 3.63) is 74.3 Å². The number of carboxylic acids is 1. The molecule has 1 aromatic heterocycles. The number of carbonyl (C=O) groups excluding carboxylic acids is 3. The molecular formula is C29H25Br2F3N2O6. The maximum atomic E-state index is 13.1. The number of amides is 1. The summed E-state index contributed by atoms with van der Waals surface area (Å²) in [5, 5.41) is 7.76. The summed E-state index contributed by atoms with van der Waals surface area (Å²) >= 11 is 6.88. The van der Waals surface area contributed by atoms with E-state index >= 15 is 0 Å². The number of esters is 1. The highest BCUT2D eigenvalue weighted by Gasteiger charge is 2.38. The molecule has 1 fully saturated rings. The fourth-order valence-electron chi connectivity index (χ4n) is 4.09. The van der Waals surface area contributed by atoms with Crippen molar-refractivity contribution < 1.29 is 42.2 Å². The van der Waals surface area contributed by atoms with E-state index < -0.39 is 18.1 Å². The summed E-state index contributed by atoms with van der Waals surface area (Å²) in [6, 6.07) is 15.0. The second-order valence-electron chi connectivity index (χ2n) is 9.29. The molecule has 1 saturated heterocycles. The van der Waals surface area contributed by atoms with E-state index in [1.807, 2.05) is 54.6 Å². The van der Waals surface area contributed by atoms with Crippen molar-refractivity contribution in [1.82, 2.24) is 9.88 Å². The molecular weight excluding hydrogens is 689 g/mol. The Morgan fingerprint density at radius 3 is 2.31 bits per heavy atom. The number of halogens is 5. The monoisotopic (exact) mass is 712 g/mol. The summed E-state index contributed by atoms with van der Waals surface area (Å²) in [7, 11) is 0. The molecule has 0 saturated carbocycles. The van der Waals surface area contributed by atoms with E-state index in [1.165, 1.54) is 6.92 Å². The van der Waals surface area contributed by atoms with Gasteiger partial charge in [0, 0.05) is 40.3 Å². The molecule has 0 spiro atoms. The van der Waals surface area contributed by atoms with Gasteiger partial charge in [-0.15, -0.1) is 0 Å². The van der Waals surface area contributed by atoms with Gasteiger partial charge in [0.25, 0.3) is 0 Å². The molecule has 0 bridgehead atoms. The van der Waals surface area contributed by atoms with Crippen LogP contribution >= 0.6 is 31.9 Å². The molecule has 1 amide bonds. The first kappa shape index (κ1) is 32.9. The average Bonchev–Trinajstić information content (AvgIpc) is 2.95. The largest absolute Gasteiger partial charge is 0.490 e. The molecule has 222 valence electrons. The van der Waals surface area contributed by atoms with Crippen LogP contribution in [-0.2, 0) is 19.1 Å². The maximum absolute atomic E-state index is 13.1. The standard InChI is InChI=1S/C27H24Br2N2O4.C2HF3O2/c1-17(32)31-12-2-3-19(15-31)26(33)16-35-27(34)24-14-22(10-6-18-4-7-20(28)8-5-18)30-25-11-9-21(29)13-23(24)25;3-2(4,5)1(6)7/h4-11,13-14,19H,2-3,12,15-16H2,1H3;(H,6,7)/b10-6+;. The predicted molar refractivity (Wildman–Crippen MR) is 156 cm³/mol. The van der Waals surface area contributed by atoms with E-state index in [-0.39, 0.29) is 24.2 Å². The van der Waals surface area contributed by atoms with Crippen molar-refractivity contribution in [2.24, 2.45) is 5.92 Å². The molecule has 2 aromatic carbocycles. The lowest BCUT2D eigenvalue weighted by Crippen LogP contribution is -2.42. The predicted octanol–water partition coefficient (Wildman–Crippen LogP) is 6.55. The molecule has 13 heteroatoms. The summed E-state index contributed by atoms with van der Waals surface area (Å²) in [6.45, 7) is 2.22. The van der Waals surface area contributed by atoms with Gasteiger partial charge < -0.3 is 14.7 Å². The minimum Gasteiger partial charge on any atom is -0.475 e. The third-order valence-electron chi connectivity index (χ3n) is 6.24. The van der Waals surface area contributed by atoms with Gasteiger partial charge in [0.2, 0.25) is 5.91 Å². The molecule has 1 unspecified atom stereocenters. The third kappa shape index (κ3) is 9.48. The van der Waals surface area contributed by atoms with Crippen LogP contribution in [0.25, 0.3) is 23.1 Å². The number of fused-ring (bicyclic) bond motifs is 1. The topological polar surface area (TPSA) is 114 Å². The molecule has 0 aliphatic carbocycles. The van der Waals surface area contributed by atoms with Crippen LogP contribution in [0.5, 0.6) is 0 Å². The van der Waals surface area contributed by atoms with Crippen molar-refractivity contribution in [3.8, 4) is 0 Å². The van der Waals surface area contributed by atoms with Gasteiger partial charge in [-0.05, 0) is 60.9 Å². The second-order valence-corrected chi connectivity index (χ2v) is 11.1. The molecule has 8 nitrogen and oxygen atoms in total. The number of nitrogens with zero attached hydrogens (tertiary/aromatic N) is 2. The summed E-state index contributed by atoms with van der Waals surface area (Å²) in [5.74, 6) is -3.86. The summed E-state index contributed by atoms with van der Waals surface area (Å²) < 4.78 is 39.0. The van der Waals surface area contributed by atoms with Crippen LogP contribution in [0.3, 0.4) is 0 Å². The SMILES string of the molecule is CC(=O)N1CCCC(C(=O)COC(=O)c2cc(/C=C/c3ccc(Br)cc3)nc3ccc(Br)cc23)C1.O=C(O)C(F)(F)F. The highest BCUT2D eigenvalue weighted by molar-refractivity contribution is 9.10. The number of hydrogen-bond acceptors (Lipinski definition) is 6. The number of ether oxygens (including phenoxy) is 1. The van der Waals surface area contributed by atoms with Crippen molar-refractivity contribution in [2.45, 2.75) is 25.9 Å². The van der Waals surface area contributed by atoms with Crippen LogP contribution in [0.1, 0.15) is 41.4 Å². The van der Waals surface area contributed by atoms with E-state index in [0.717, 1.165) is 20.9 Å². The van der Waals surface area contributed by atoms with Crippen molar-refractivity contribution >= 4 is 78.5 Å². The Kier molecular flexibility index (Phi) is 11.4. The number of piperidine rings is 1. The zero-order chi connectivity index (χ0) is 31.0. The van der Waals surface area contributed by atoms with Gasteiger partial charge in [-0.1, -0.05) is 50.1 Å². The molecule has 3 aromatic rings. The lowest BCUT2D eigenvalue weighted by atomic mass is 9.94. The first-order valence-corrected chi connectivity index (χ1v) is 14.1. The van der Waals surface area contributed by atoms with Gasteiger partial charge in [-0.2, -0.15) is 13.2 Å². The molecule has 4 rings (SSSR count). The number of hydrogen-bond donors (Lipinski definition) is 1. The van der Waals surface area contributed by atoms with E-state index in [0.29, 0.717) is 41.7 Å². The normalized spacial score (nSPS) is 15.2. The Morgan fingerprint density at radius 1 is 1.05 bits per heavy atom. The molecule has 1 aliphatic rings. The molecule has 42 heavy (non-hydrogen) atoms. The van der Waals surface area contributed by atoms with Crippen LogP contribution in [0.2, 0.25) is 0 Å². The number of likely N-dealkylation sites (tertiary alicyclic amines) is 1. The van der Waals surface area contributed by atoms with Gasteiger partial charge >= 0.3 is 18.1 Å². The summed E-state index contributed by atoms with van der Waals surface area (Å²) in [5.41, 5.74) is 2.58. The van der Waals surface area contributed by atoms with Crippen molar-refractivity contribution in [1.29, 1.82) is 0 Å². The van der Waals surface area contributed by atoms with Gasteiger partial charge in [0.05, 0.1) is 16.8 Å². The van der Waals surface area contributed by atoms with E-state index in [2.05, 4.69) is 36.8 Å². The van der Waals surface area contributed by atoms with E-state index in [4.69, 9.17) is 14.6 Å². The first-order chi connectivity index (χ1) is 19.7. The Balaban J connectivity index is 0.000000616. The lowest BCUT2D eigenvalue weighted by Gasteiger charge is -2.31. The number of carboxylic acid groups (broad SMARTS) is 1. The number of Topliss-reactive ketones (excluding diaryl/α,β-unsaturated/α-hetero) is 1. The minimum atomic E-state index is -5.08. The number of benzene rings is 2. The number of ketones is 1. The fourth-order valence-corrected chi connectivity index (χ4v) is 4.71. The van der Waals surface area contributed by atoms with Crippen LogP contribution < -0.4 is 0 Å². The minimum absolute atomic E-state index is 0.0444. The first-order valence-electron chi connectivity index (χ1n) is 12.5. The molecule has 2 heterocycles. The number of aliphatic carboxylic acids is 1. The Hall–Kier alpha value is -3.58. The smallest absolute Gasteiger partial charge is 0.475 e. The number of pyridine rings is 1. The number of alkyl halides is 3. The van der Waals surface area contributed by atoms with Gasteiger partial charge in [-0.25, -0.2) is 14.6 Å². The van der Waals surface area contributed by atoms with Crippen LogP contribution in [-0.4, -0.2) is 64.5 Å². The maximum Gasteiger partial charge on any atom is 0.490 e. The molecule has 1 aliphatic heterocycles. The highest BCUT2D eigenvalue weighted by Crippen LogP contribution is 2.25. The number of carbonyl (C=O) groups is 4. The van der Waals surface area contributed by atoms with Crippen LogP contribution in [0, 0.1) is 5.92 Å². The zero-order valence-electron chi connectivity index (χ0n) is 22.2. The quantitative estimate of drug-likeness (QED) is 0.289. The summed E-state index contributed by atoms with van der Waals surface area (Å²) in [6.07, 6.45) is 0.129. The number of aromatic nitrogens is 1. The van der Waals surface area contributed by atoms with Gasteiger partial charge in [0.15, 0.2) is 12.4 Å². The zero-order valence-corrected chi connectivity index (χ0v) is 25.3.